The quantitative estimate of drug-likeness (QED) is 0.449. The first kappa shape index (κ1) is 10.3. The number of amides is 1. The van der Waals surface area contributed by atoms with E-state index in [-0.39, 0.29) is 5.37 Å². The highest BCUT2D eigenvalue weighted by molar-refractivity contribution is 6.62. The van der Waals surface area contributed by atoms with Crippen LogP contribution in [0.4, 0.5) is 4.79 Å². The largest absolute Gasteiger partial charge is 0.326 e. The van der Waals surface area contributed by atoms with Crippen LogP contribution in [0.25, 0.3) is 0 Å². The van der Waals surface area contributed by atoms with Crippen LogP contribution < -0.4 is 0 Å². The fourth-order valence-corrected chi connectivity index (χ4v) is 3.34. The van der Waals surface area contributed by atoms with Crippen molar-refractivity contribution in [2.24, 2.45) is 11.8 Å². The van der Waals surface area contributed by atoms with E-state index in [4.69, 9.17) is 11.6 Å². The molecule has 1 heterocycles. The number of halogens is 1. The molecule has 1 aliphatic carbocycles. The van der Waals surface area contributed by atoms with Gasteiger partial charge in [-0.2, -0.15) is 0 Å². The molecule has 1 aliphatic heterocycles. The highest BCUT2D eigenvalue weighted by Gasteiger charge is 2.38. The normalized spacial score (nSPS) is 37.9. The maximum atomic E-state index is 11.3. The molecule has 3 atom stereocenters. The van der Waals surface area contributed by atoms with Crippen molar-refractivity contribution >= 4 is 17.0 Å². The van der Waals surface area contributed by atoms with Crippen molar-refractivity contribution in [2.75, 3.05) is 6.54 Å². The van der Waals surface area contributed by atoms with Crippen molar-refractivity contribution in [3.63, 3.8) is 0 Å². The molecule has 2 fully saturated rings. The molecular formula is C11H18ClNO. The summed E-state index contributed by atoms with van der Waals surface area (Å²) >= 11 is 5.61. The van der Waals surface area contributed by atoms with E-state index >= 15 is 0 Å². The monoisotopic (exact) mass is 215 g/mol. The Bertz CT molecular complexity index is 231. The molecule has 0 N–H and O–H groups in total. The van der Waals surface area contributed by atoms with Crippen LogP contribution in [0.15, 0.2) is 0 Å². The highest BCUT2D eigenvalue weighted by atomic mass is 35.5. The summed E-state index contributed by atoms with van der Waals surface area (Å²) in [6.07, 6.45) is 6.16. The van der Waals surface area contributed by atoms with Gasteiger partial charge in [-0.3, -0.25) is 4.79 Å². The average molecular weight is 216 g/mol. The Hall–Kier alpha value is -0.240. The number of rotatable bonds is 0. The first-order valence-electron chi connectivity index (χ1n) is 5.66. The molecule has 0 spiro atoms. The zero-order chi connectivity index (χ0) is 10.1. The summed E-state index contributed by atoms with van der Waals surface area (Å²) in [5.41, 5.74) is 0. The van der Waals surface area contributed by atoms with Gasteiger partial charge in [-0.05, 0) is 42.7 Å². The van der Waals surface area contributed by atoms with Crippen molar-refractivity contribution < 1.29 is 4.79 Å². The third kappa shape index (κ3) is 1.77. The Labute approximate surface area is 90.6 Å². The van der Waals surface area contributed by atoms with Gasteiger partial charge in [0, 0.05) is 12.6 Å². The predicted octanol–water partition coefficient (Wildman–Crippen LogP) is 3.25. The molecule has 1 amide bonds. The summed E-state index contributed by atoms with van der Waals surface area (Å²) in [5.74, 6) is 1.48. The second kappa shape index (κ2) is 4.09. The van der Waals surface area contributed by atoms with E-state index in [0.717, 1.165) is 25.3 Å². The molecule has 14 heavy (non-hydrogen) atoms. The van der Waals surface area contributed by atoms with Gasteiger partial charge in [-0.1, -0.05) is 19.8 Å². The second-order valence-electron chi connectivity index (χ2n) is 4.73. The Kier molecular flexibility index (Phi) is 3.01. The number of hydrogen-bond acceptors (Lipinski definition) is 1. The number of carbonyl (C=O) groups is 1. The Morgan fingerprint density at radius 1 is 1.29 bits per heavy atom. The number of fused-ring (bicyclic) bond motifs is 1. The Morgan fingerprint density at radius 3 is 2.71 bits per heavy atom. The van der Waals surface area contributed by atoms with E-state index in [9.17, 15) is 4.79 Å². The molecule has 0 bridgehead atoms. The molecule has 0 radical (unpaired) electrons. The molecule has 2 rings (SSSR count). The molecule has 1 saturated carbocycles. The van der Waals surface area contributed by atoms with Crippen LogP contribution in [-0.4, -0.2) is 22.9 Å². The number of piperidine rings is 1. The van der Waals surface area contributed by atoms with E-state index in [0.29, 0.717) is 12.0 Å². The Morgan fingerprint density at radius 2 is 2.00 bits per heavy atom. The molecule has 2 nitrogen and oxygen atoms in total. The lowest BCUT2D eigenvalue weighted by Crippen LogP contribution is -2.50. The first-order valence-corrected chi connectivity index (χ1v) is 6.04. The van der Waals surface area contributed by atoms with Gasteiger partial charge in [0.15, 0.2) is 0 Å². The Balaban J connectivity index is 2.12. The first-order chi connectivity index (χ1) is 6.70. The number of nitrogens with zero attached hydrogens (tertiary/aromatic N) is 1. The molecule has 0 aromatic heterocycles. The van der Waals surface area contributed by atoms with E-state index < -0.39 is 0 Å². The minimum absolute atomic E-state index is 0.242. The van der Waals surface area contributed by atoms with E-state index in [1.807, 2.05) is 4.90 Å². The van der Waals surface area contributed by atoms with Gasteiger partial charge in [0.2, 0.25) is 0 Å². The van der Waals surface area contributed by atoms with E-state index in [1.165, 1.54) is 19.3 Å². The maximum Gasteiger partial charge on any atom is 0.316 e. The molecule has 2 aliphatic rings. The van der Waals surface area contributed by atoms with Gasteiger partial charge in [0.05, 0.1) is 0 Å². The lowest BCUT2D eigenvalue weighted by Gasteiger charge is -2.46. The molecule has 3 heteroatoms. The number of hydrogen-bond donors (Lipinski definition) is 0. The number of carbonyl (C=O) groups excluding carboxylic acids is 1. The second-order valence-corrected chi connectivity index (χ2v) is 5.05. The van der Waals surface area contributed by atoms with E-state index in [1.54, 1.807) is 0 Å². The van der Waals surface area contributed by atoms with Crippen LogP contribution in [0.3, 0.4) is 0 Å². The van der Waals surface area contributed by atoms with Gasteiger partial charge in [0.25, 0.3) is 0 Å². The fraction of sp³-hybridized carbons (Fsp3) is 0.909. The third-order valence-corrected chi connectivity index (χ3v) is 4.18. The molecule has 80 valence electrons. The van der Waals surface area contributed by atoms with Crippen LogP contribution in [0.2, 0.25) is 0 Å². The lowest BCUT2D eigenvalue weighted by molar-refractivity contribution is 0.0589. The van der Waals surface area contributed by atoms with Crippen LogP contribution in [0.5, 0.6) is 0 Å². The van der Waals surface area contributed by atoms with Gasteiger partial charge >= 0.3 is 5.37 Å². The van der Waals surface area contributed by atoms with Crippen LogP contribution in [-0.2, 0) is 0 Å². The lowest BCUT2D eigenvalue weighted by atomic mass is 9.73. The molecule has 3 unspecified atom stereocenters. The third-order valence-electron chi connectivity index (χ3n) is 3.96. The zero-order valence-corrected chi connectivity index (χ0v) is 9.46. The van der Waals surface area contributed by atoms with Gasteiger partial charge < -0.3 is 4.90 Å². The summed E-state index contributed by atoms with van der Waals surface area (Å²) < 4.78 is 0. The van der Waals surface area contributed by atoms with Crippen molar-refractivity contribution in [1.29, 1.82) is 0 Å². The van der Waals surface area contributed by atoms with Crippen LogP contribution in [0, 0.1) is 11.8 Å². The van der Waals surface area contributed by atoms with Crippen LogP contribution >= 0.6 is 11.6 Å². The summed E-state index contributed by atoms with van der Waals surface area (Å²) in [4.78, 5) is 13.1. The predicted molar refractivity (Wildman–Crippen MR) is 57.5 cm³/mol. The molecule has 1 saturated heterocycles. The van der Waals surface area contributed by atoms with Crippen molar-refractivity contribution in [3.05, 3.63) is 0 Å². The van der Waals surface area contributed by atoms with Crippen molar-refractivity contribution in [3.8, 4) is 0 Å². The highest BCUT2D eigenvalue weighted by Crippen LogP contribution is 2.39. The summed E-state index contributed by atoms with van der Waals surface area (Å²) in [6, 6.07) is 0.442. The summed E-state index contributed by atoms with van der Waals surface area (Å²) in [6.45, 7) is 3.18. The smallest absolute Gasteiger partial charge is 0.316 e. The maximum absolute atomic E-state index is 11.3. The zero-order valence-electron chi connectivity index (χ0n) is 8.71. The van der Waals surface area contributed by atoms with Gasteiger partial charge in [-0.25, -0.2) is 0 Å². The van der Waals surface area contributed by atoms with E-state index in [2.05, 4.69) is 6.92 Å². The minimum Gasteiger partial charge on any atom is -0.326 e. The molecular weight excluding hydrogens is 198 g/mol. The fourth-order valence-electron chi connectivity index (χ4n) is 3.13. The number of likely N-dealkylation sites (tertiary alicyclic amines) is 1. The standard InChI is InChI=1S/C11H18ClNO/c1-8-6-7-13(11(12)14)10-5-3-2-4-9(8)10/h8-10H,2-7H2,1H3. The molecule has 0 aromatic carbocycles. The summed E-state index contributed by atoms with van der Waals surface area (Å²) in [7, 11) is 0. The topological polar surface area (TPSA) is 20.3 Å². The molecule has 0 aromatic rings. The average Bonchev–Trinajstić information content (AvgIpc) is 2.18. The van der Waals surface area contributed by atoms with Crippen molar-refractivity contribution in [2.45, 2.75) is 45.1 Å². The van der Waals surface area contributed by atoms with Gasteiger partial charge in [-0.15, -0.1) is 0 Å². The van der Waals surface area contributed by atoms with Crippen molar-refractivity contribution in [1.82, 2.24) is 4.90 Å². The summed E-state index contributed by atoms with van der Waals surface area (Å²) in [5, 5.41) is -0.242. The van der Waals surface area contributed by atoms with Crippen LogP contribution in [0.1, 0.15) is 39.0 Å². The minimum atomic E-state index is -0.242. The van der Waals surface area contributed by atoms with Gasteiger partial charge in [0.1, 0.15) is 0 Å². The SMILES string of the molecule is CC1CCN(C(=O)Cl)C2CCCCC12.